The van der Waals surface area contributed by atoms with Gasteiger partial charge in [0.25, 0.3) is 0 Å². The van der Waals surface area contributed by atoms with E-state index in [1.807, 2.05) is 0 Å². The summed E-state index contributed by atoms with van der Waals surface area (Å²) in [7, 11) is -4.72. The first kappa shape index (κ1) is 50.7. The van der Waals surface area contributed by atoms with E-state index in [1.54, 1.807) is 0 Å². The van der Waals surface area contributed by atoms with Crippen LogP contribution in [0.25, 0.3) is 0 Å². The lowest BCUT2D eigenvalue weighted by Crippen LogP contribution is -2.34. The van der Waals surface area contributed by atoms with E-state index in [-0.39, 0.29) is 19.4 Å². The molecule has 0 aliphatic rings. The normalized spacial score (nSPS) is 14.2. The van der Waals surface area contributed by atoms with Crippen LogP contribution in [-0.2, 0) is 37.5 Å². The topological polar surface area (TPSA) is 172 Å². The van der Waals surface area contributed by atoms with Crippen molar-refractivity contribution in [2.75, 3.05) is 19.8 Å². The largest absolute Gasteiger partial charge is 0.480 e. The second-order valence-corrected chi connectivity index (χ2v) is 15.2. The quantitative estimate of drug-likeness (QED) is 0.0236. The van der Waals surface area contributed by atoms with Crippen LogP contribution in [0.15, 0.2) is 36.5 Å². The Morgan fingerprint density at radius 3 is 1.53 bits per heavy atom. The number of phosphoric acid groups is 1. The first-order valence-electron chi connectivity index (χ1n) is 20.5. The smallest absolute Gasteiger partial charge is 0.472 e. The molecule has 0 amide bonds. The lowest BCUT2D eigenvalue weighted by atomic mass is 10.1. The average molecular weight is 772 g/mol. The van der Waals surface area contributed by atoms with E-state index in [0.29, 0.717) is 12.8 Å². The number of rotatable bonds is 38. The van der Waals surface area contributed by atoms with Crippen molar-refractivity contribution < 1.29 is 47.5 Å². The summed E-state index contributed by atoms with van der Waals surface area (Å²) < 4.78 is 32.6. The van der Waals surface area contributed by atoms with Crippen molar-refractivity contribution in [3.63, 3.8) is 0 Å². The standard InChI is InChI=1S/C41H74NO10P/c1-3-5-7-9-11-13-15-17-19-21-22-24-26-28-30-32-39(43)49-34-37(35-50-53(47,48)51-36-38(42)41(45)46)52-40(44)33-31-29-27-25-23-20-18-16-14-12-10-8-6-4-2/h11,13,16-19,37-38H,3-10,12,14-15,20-36,42H2,1-2H3,(H,45,46)(H,47,48)/b13-11-,18-16-,19-17-/t37-,38+/m1/s1. The van der Waals surface area contributed by atoms with Crippen LogP contribution in [0.4, 0.5) is 0 Å². The molecule has 0 spiro atoms. The van der Waals surface area contributed by atoms with Gasteiger partial charge < -0.3 is 25.2 Å². The van der Waals surface area contributed by atoms with Crippen LogP contribution in [-0.4, -0.2) is 59.9 Å². The minimum Gasteiger partial charge on any atom is -0.480 e. The number of ether oxygens (including phenoxy) is 2. The molecule has 0 fully saturated rings. The van der Waals surface area contributed by atoms with Crippen molar-refractivity contribution in [2.24, 2.45) is 5.73 Å². The fourth-order valence-corrected chi connectivity index (χ4v) is 6.10. The van der Waals surface area contributed by atoms with Crippen molar-refractivity contribution >= 4 is 25.7 Å². The van der Waals surface area contributed by atoms with Crippen LogP contribution >= 0.6 is 7.82 Å². The third-order valence-corrected chi connectivity index (χ3v) is 9.56. The number of carbonyl (C=O) groups is 3. The summed E-state index contributed by atoms with van der Waals surface area (Å²) in [6.45, 7) is 2.73. The summed E-state index contributed by atoms with van der Waals surface area (Å²) in [6.07, 6.45) is 37.8. The molecule has 3 atom stereocenters. The minimum atomic E-state index is -4.72. The Bertz CT molecular complexity index is 1050. The maximum absolute atomic E-state index is 12.6. The van der Waals surface area contributed by atoms with E-state index in [1.165, 1.54) is 51.4 Å². The molecule has 0 rings (SSSR count). The highest BCUT2D eigenvalue weighted by molar-refractivity contribution is 7.47. The molecule has 0 heterocycles. The Balaban J connectivity index is 4.44. The van der Waals surface area contributed by atoms with E-state index in [2.05, 4.69) is 54.8 Å². The van der Waals surface area contributed by atoms with Crippen LogP contribution in [0.5, 0.6) is 0 Å². The molecule has 53 heavy (non-hydrogen) atoms. The monoisotopic (exact) mass is 772 g/mol. The first-order valence-corrected chi connectivity index (χ1v) is 22.0. The maximum Gasteiger partial charge on any atom is 0.472 e. The Hall–Kier alpha value is -2.30. The predicted molar refractivity (Wildman–Crippen MR) is 212 cm³/mol. The molecule has 308 valence electrons. The fourth-order valence-electron chi connectivity index (χ4n) is 5.32. The Labute approximate surface area is 321 Å². The fraction of sp³-hybridized carbons (Fsp3) is 0.780. The predicted octanol–water partition coefficient (Wildman–Crippen LogP) is 10.4. The van der Waals surface area contributed by atoms with Gasteiger partial charge >= 0.3 is 25.7 Å². The van der Waals surface area contributed by atoms with Crippen molar-refractivity contribution in [2.45, 2.75) is 187 Å². The van der Waals surface area contributed by atoms with Gasteiger partial charge in [0.1, 0.15) is 12.6 Å². The minimum absolute atomic E-state index is 0.148. The lowest BCUT2D eigenvalue weighted by molar-refractivity contribution is -0.161. The summed E-state index contributed by atoms with van der Waals surface area (Å²) in [4.78, 5) is 45.8. The summed E-state index contributed by atoms with van der Waals surface area (Å²) in [5.41, 5.74) is 5.32. The lowest BCUT2D eigenvalue weighted by Gasteiger charge is -2.20. The highest BCUT2D eigenvalue weighted by atomic mass is 31.2. The van der Waals surface area contributed by atoms with Gasteiger partial charge in [-0.25, -0.2) is 4.57 Å². The molecule has 0 bridgehead atoms. The number of hydrogen-bond acceptors (Lipinski definition) is 9. The van der Waals surface area contributed by atoms with Crippen molar-refractivity contribution in [3.8, 4) is 0 Å². The number of phosphoric ester groups is 1. The van der Waals surface area contributed by atoms with Crippen LogP contribution < -0.4 is 5.73 Å². The summed E-state index contributed by atoms with van der Waals surface area (Å²) >= 11 is 0. The van der Waals surface area contributed by atoms with Gasteiger partial charge in [-0.1, -0.05) is 127 Å². The van der Waals surface area contributed by atoms with Crippen LogP contribution in [0.3, 0.4) is 0 Å². The molecule has 1 unspecified atom stereocenters. The van der Waals surface area contributed by atoms with Crippen LogP contribution in [0.1, 0.15) is 174 Å². The molecule has 0 radical (unpaired) electrons. The number of esters is 2. The molecule has 0 aromatic heterocycles. The SMILES string of the molecule is CCCCC/C=C\C/C=C\CCCCCCCC(=O)OC[C@H](COP(=O)(O)OC[C@H](N)C(=O)O)OC(=O)CCCCCCC/C=C\CCCCCCC. The molecule has 12 heteroatoms. The van der Waals surface area contributed by atoms with Gasteiger partial charge in [0.15, 0.2) is 6.10 Å². The van der Waals surface area contributed by atoms with Gasteiger partial charge in [-0.05, 0) is 70.6 Å². The summed E-state index contributed by atoms with van der Waals surface area (Å²) in [6, 6.07) is -1.52. The summed E-state index contributed by atoms with van der Waals surface area (Å²) in [5, 5.41) is 8.87. The molecule has 0 aromatic carbocycles. The van der Waals surface area contributed by atoms with Crippen LogP contribution in [0, 0.1) is 0 Å². The molecule has 0 aliphatic heterocycles. The zero-order chi connectivity index (χ0) is 39.3. The first-order chi connectivity index (χ1) is 25.6. The number of allylic oxidation sites excluding steroid dienone is 6. The zero-order valence-corrected chi connectivity index (χ0v) is 34.0. The Kier molecular flexibility index (Phi) is 35.1. The third kappa shape index (κ3) is 36.4. The molecular formula is C41H74NO10P. The van der Waals surface area contributed by atoms with E-state index >= 15 is 0 Å². The van der Waals surface area contributed by atoms with Gasteiger partial charge in [0.05, 0.1) is 13.2 Å². The highest BCUT2D eigenvalue weighted by Gasteiger charge is 2.28. The number of carboxylic acid groups (broad SMARTS) is 1. The molecule has 0 aliphatic carbocycles. The van der Waals surface area contributed by atoms with Gasteiger partial charge in [-0.15, -0.1) is 0 Å². The average Bonchev–Trinajstić information content (AvgIpc) is 3.13. The van der Waals surface area contributed by atoms with Gasteiger partial charge in [-0.2, -0.15) is 0 Å². The van der Waals surface area contributed by atoms with Gasteiger partial charge in [0, 0.05) is 12.8 Å². The summed E-state index contributed by atoms with van der Waals surface area (Å²) in [5.74, 6) is -2.41. The number of carbonyl (C=O) groups excluding carboxylic acids is 2. The van der Waals surface area contributed by atoms with Crippen LogP contribution in [0.2, 0.25) is 0 Å². The number of nitrogens with two attached hydrogens (primary N) is 1. The molecule has 0 saturated carbocycles. The molecule has 4 N–H and O–H groups in total. The van der Waals surface area contributed by atoms with E-state index in [9.17, 15) is 23.8 Å². The second kappa shape index (κ2) is 36.7. The number of aliphatic carboxylic acids is 1. The van der Waals surface area contributed by atoms with E-state index in [4.69, 9.17) is 24.8 Å². The molecular weight excluding hydrogens is 697 g/mol. The second-order valence-electron chi connectivity index (χ2n) is 13.8. The van der Waals surface area contributed by atoms with Crippen molar-refractivity contribution in [3.05, 3.63) is 36.5 Å². The maximum atomic E-state index is 12.6. The molecule has 0 saturated heterocycles. The van der Waals surface area contributed by atoms with Gasteiger partial charge in [0.2, 0.25) is 0 Å². The van der Waals surface area contributed by atoms with Crippen molar-refractivity contribution in [1.29, 1.82) is 0 Å². The molecule has 11 nitrogen and oxygen atoms in total. The number of hydrogen-bond donors (Lipinski definition) is 3. The number of carboxylic acids is 1. The third-order valence-electron chi connectivity index (χ3n) is 8.61. The number of unbranched alkanes of at least 4 members (excludes halogenated alkanes) is 18. The zero-order valence-electron chi connectivity index (χ0n) is 33.1. The highest BCUT2D eigenvalue weighted by Crippen LogP contribution is 2.43. The Morgan fingerprint density at radius 1 is 0.585 bits per heavy atom. The van der Waals surface area contributed by atoms with Gasteiger partial charge in [-0.3, -0.25) is 23.4 Å². The van der Waals surface area contributed by atoms with Crippen molar-refractivity contribution in [1.82, 2.24) is 0 Å². The molecule has 0 aromatic rings. The Morgan fingerprint density at radius 2 is 1.00 bits per heavy atom. The van der Waals surface area contributed by atoms with E-state index < -0.39 is 51.1 Å². The van der Waals surface area contributed by atoms with E-state index in [0.717, 1.165) is 83.5 Å².